The van der Waals surface area contributed by atoms with Crippen molar-refractivity contribution >= 4 is 30.2 Å². The Balaban J connectivity index is 1.35. The third kappa shape index (κ3) is 8.11. The van der Waals surface area contributed by atoms with Gasteiger partial charge in [0.05, 0.1) is 17.8 Å². The van der Waals surface area contributed by atoms with Gasteiger partial charge in [0.1, 0.15) is 17.9 Å². The highest BCUT2D eigenvalue weighted by atomic mass is 35.5. The van der Waals surface area contributed by atoms with Crippen LogP contribution in [0.15, 0.2) is 18.2 Å². The van der Waals surface area contributed by atoms with Crippen molar-refractivity contribution in [3.8, 4) is 5.75 Å². The molecular formula is C28H45BClNO5. The van der Waals surface area contributed by atoms with Crippen molar-refractivity contribution in [2.45, 2.75) is 116 Å². The van der Waals surface area contributed by atoms with Crippen LogP contribution in [0, 0.1) is 5.92 Å². The Morgan fingerprint density at radius 1 is 1.11 bits per heavy atom. The van der Waals surface area contributed by atoms with Gasteiger partial charge >= 0.3 is 13.1 Å². The maximum Gasteiger partial charge on any atom is 0.496 e. The van der Waals surface area contributed by atoms with E-state index in [-0.39, 0.29) is 18.1 Å². The summed E-state index contributed by atoms with van der Waals surface area (Å²) in [7, 11) is -0.487. The molecule has 1 heterocycles. The van der Waals surface area contributed by atoms with Crippen molar-refractivity contribution < 1.29 is 23.6 Å². The van der Waals surface area contributed by atoms with Gasteiger partial charge in [0.15, 0.2) is 0 Å². The van der Waals surface area contributed by atoms with Crippen molar-refractivity contribution in [3.05, 3.63) is 23.2 Å². The van der Waals surface area contributed by atoms with Crippen LogP contribution in [-0.4, -0.2) is 49.6 Å². The number of ether oxygens (including phenoxy) is 2. The van der Waals surface area contributed by atoms with Gasteiger partial charge in [-0.1, -0.05) is 31.5 Å². The highest BCUT2D eigenvalue weighted by molar-refractivity contribution is 6.65. The van der Waals surface area contributed by atoms with Crippen LogP contribution in [-0.2, 0) is 18.8 Å². The average Bonchev–Trinajstić information content (AvgIpc) is 3.36. The monoisotopic (exact) mass is 521 g/mol. The summed E-state index contributed by atoms with van der Waals surface area (Å²) < 4.78 is 23.9. The molecule has 0 spiro atoms. The zero-order valence-corrected chi connectivity index (χ0v) is 23.8. The number of rotatable bonds is 13. The summed E-state index contributed by atoms with van der Waals surface area (Å²) in [4.78, 5) is 12.6. The first kappa shape index (κ1) is 29.3. The van der Waals surface area contributed by atoms with Gasteiger partial charge in [-0.2, -0.15) is 0 Å². The molecule has 6 nitrogen and oxygen atoms in total. The van der Waals surface area contributed by atoms with Crippen LogP contribution >= 0.6 is 11.6 Å². The molecule has 1 aliphatic carbocycles. The largest absolute Gasteiger partial charge is 0.496 e. The second kappa shape index (κ2) is 13.0. The Kier molecular flexibility index (Phi) is 10.6. The minimum Gasteiger partial charge on any atom is -0.494 e. The molecule has 2 aliphatic rings. The van der Waals surface area contributed by atoms with Gasteiger partial charge in [-0.15, -0.1) is 0 Å². The van der Waals surface area contributed by atoms with Crippen molar-refractivity contribution in [1.82, 2.24) is 5.32 Å². The molecule has 1 aliphatic heterocycles. The highest BCUT2D eigenvalue weighted by Crippen LogP contribution is 2.37. The first-order valence-electron chi connectivity index (χ1n) is 13.7. The number of nitrogens with one attached hydrogen (secondary N) is 1. The van der Waals surface area contributed by atoms with Gasteiger partial charge in [0.2, 0.25) is 0 Å². The molecule has 0 radical (unpaired) electrons. The summed E-state index contributed by atoms with van der Waals surface area (Å²) in [5.41, 5.74) is 0.00258. The van der Waals surface area contributed by atoms with Gasteiger partial charge in [0, 0.05) is 10.5 Å². The maximum atomic E-state index is 12.6. The Labute approximate surface area is 223 Å². The Morgan fingerprint density at radius 3 is 2.39 bits per heavy atom. The van der Waals surface area contributed by atoms with Crippen LogP contribution in [0.25, 0.3) is 0 Å². The van der Waals surface area contributed by atoms with Gasteiger partial charge in [-0.05, 0) is 104 Å². The molecule has 1 atom stereocenters. The lowest BCUT2D eigenvalue weighted by Gasteiger charge is -2.32. The van der Waals surface area contributed by atoms with E-state index < -0.39 is 18.3 Å². The van der Waals surface area contributed by atoms with E-state index in [0.717, 1.165) is 56.3 Å². The second-order valence-corrected chi connectivity index (χ2v) is 12.1. The number of benzene rings is 1. The summed E-state index contributed by atoms with van der Waals surface area (Å²) in [5.74, 6) is 1.10. The van der Waals surface area contributed by atoms with Crippen LogP contribution < -0.4 is 15.5 Å². The van der Waals surface area contributed by atoms with Crippen LogP contribution in [0.4, 0.5) is 0 Å². The lowest BCUT2D eigenvalue weighted by atomic mass is 9.79. The van der Waals surface area contributed by atoms with Crippen LogP contribution in [0.2, 0.25) is 5.02 Å². The topological polar surface area (TPSA) is 66.0 Å². The zero-order chi connectivity index (χ0) is 26.3. The number of carbonyl (C=O) groups excluding carboxylic acids is 1. The number of carbonyl (C=O) groups is 1. The van der Waals surface area contributed by atoms with Crippen LogP contribution in [0.5, 0.6) is 5.75 Å². The molecule has 1 saturated carbocycles. The Hall–Kier alpha value is -1.28. The molecule has 1 aromatic carbocycles. The molecule has 0 bridgehead atoms. The summed E-state index contributed by atoms with van der Waals surface area (Å²) in [6.07, 6.45) is 8.19. The normalized spacial score (nSPS) is 20.2. The average molecular weight is 522 g/mol. The summed E-state index contributed by atoms with van der Waals surface area (Å²) >= 11 is 6.54. The molecule has 0 unspecified atom stereocenters. The first-order valence-corrected chi connectivity index (χ1v) is 14.1. The molecule has 8 heteroatoms. The Morgan fingerprint density at radius 2 is 1.78 bits per heavy atom. The SMILES string of the molecule is CC(C)C[C@H](NCCCCCOc1ccc(B2OC(C)(C)C(C)(C)O2)c(Cl)c1)C(=O)OC1CCCC1. The van der Waals surface area contributed by atoms with E-state index >= 15 is 0 Å². The van der Waals surface area contributed by atoms with E-state index in [0.29, 0.717) is 17.5 Å². The van der Waals surface area contributed by atoms with Crippen molar-refractivity contribution in [1.29, 1.82) is 0 Å². The quantitative estimate of drug-likeness (QED) is 0.205. The molecule has 202 valence electrons. The van der Waals surface area contributed by atoms with Gasteiger partial charge < -0.3 is 24.1 Å². The number of unbranched alkanes of at least 4 members (excludes halogenated alkanes) is 2. The van der Waals surface area contributed by atoms with E-state index in [1.807, 2.05) is 45.9 Å². The van der Waals surface area contributed by atoms with Gasteiger partial charge in [0.25, 0.3) is 0 Å². The molecule has 1 N–H and O–H groups in total. The van der Waals surface area contributed by atoms with Crippen molar-refractivity contribution in [2.75, 3.05) is 13.2 Å². The maximum absolute atomic E-state index is 12.6. The fourth-order valence-electron chi connectivity index (χ4n) is 4.62. The Bertz CT molecular complexity index is 840. The van der Waals surface area contributed by atoms with Crippen LogP contribution in [0.1, 0.15) is 92.9 Å². The molecule has 2 fully saturated rings. The summed E-state index contributed by atoms with van der Waals surface area (Å²) in [5, 5.41) is 4.01. The predicted molar refractivity (Wildman–Crippen MR) is 146 cm³/mol. The number of hydrogen-bond acceptors (Lipinski definition) is 6. The molecule has 0 amide bonds. The standard InChI is InChI=1S/C28H45BClNO5/c1-20(2)18-25(26(32)34-21-12-8-9-13-21)31-16-10-7-11-17-33-22-14-15-23(24(30)19-22)29-35-27(3,4)28(5,6)36-29/h14-15,19-21,25,31H,7-13,16-18H2,1-6H3/t25-/m0/s1. The van der Waals surface area contributed by atoms with Crippen molar-refractivity contribution in [2.24, 2.45) is 5.92 Å². The number of halogens is 1. The molecule has 36 heavy (non-hydrogen) atoms. The highest BCUT2D eigenvalue weighted by Gasteiger charge is 2.52. The number of esters is 1. The predicted octanol–water partition coefficient (Wildman–Crippen LogP) is 5.68. The number of hydrogen-bond donors (Lipinski definition) is 1. The van der Waals surface area contributed by atoms with Gasteiger partial charge in [-0.3, -0.25) is 4.79 Å². The smallest absolute Gasteiger partial charge is 0.494 e. The van der Waals surface area contributed by atoms with E-state index in [2.05, 4.69) is 19.2 Å². The summed E-state index contributed by atoms with van der Waals surface area (Å²) in [6, 6.07) is 5.45. The molecular weight excluding hydrogens is 477 g/mol. The fourth-order valence-corrected chi connectivity index (χ4v) is 4.88. The van der Waals surface area contributed by atoms with Crippen molar-refractivity contribution in [3.63, 3.8) is 0 Å². The third-order valence-electron chi connectivity index (χ3n) is 7.54. The first-order chi connectivity index (χ1) is 17.0. The molecule has 1 aromatic rings. The molecule has 0 aromatic heterocycles. The molecule has 1 saturated heterocycles. The summed E-state index contributed by atoms with van der Waals surface area (Å²) in [6.45, 7) is 13.8. The third-order valence-corrected chi connectivity index (χ3v) is 7.86. The molecule has 3 rings (SSSR count). The second-order valence-electron chi connectivity index (χ2n) is 11.7. The van der Waals surface area contributed by atoms with Gasteiger partial charge in [-0.25, -0.2) is 0 Å². The van der Waals surface area contributed by atoms with Crippen LogP contribution in [0.3, 0.4) is 0 Å². The van der Waals surface area contributed by atoms with E-state index in [9.17, 15) is 4.79 Å². The fraction of sp³-hybridized carbons (Fsp3) is 0.750. The minimum absolute atomic E-state index is 0.0835. The van der Waals surface area contributed by atoms with E-state index in [4.69, 9.17) is 30.4 Å². The van der Waals surface area contributed by atoms with E-state index in [1.165, 1.54) is 12.8 Å². The lowest BCUT2D eigenvalue weighted by Crippen LogP contribution is -2.41. The minimum atomic E-state index is -0.487. The van der Waals surface area contributed by atoms with E-state index in [1.54, 1.807) is 0 Å². The zero-order valence-electron chi connectivity index (χ0n) is 23.0. The lowest BCUT2D eigenvalue weighted by molar-refractivity contribution is -0.151.